The number of nitrogens with zero attached hydrogens (tertiary/aromatic N) is 2. The molecule has 0 fully saturated rings. The van der Waals surface area contributed by atoms with Gasteiger partial charge in [-0.3, -0.25) is 14.2 Å². The molecule has 5 nitrogen and oxygen atoms in total. The topological polar surface area (TPSA) is 78.0 Å². The van der Waals surface area contributed by atoms with Crippen LogP contribution in [0.3, 0.4) is 0 Å². The van der Waals surface area contributed by atoms with Crippen LogP contribution in [0.4, 0.5) is 0 Å². The average molecular weight is 432 g/mol. The number of benzene rings is 2. The molecule has 2 aromatic carbocycles. The van der Waals surface area contributed by atoms with Crippen molar-refractivity contribution in [3.8, 4) is 22.5 Å². The summed E-state index contributed by atoms with van der Waals surface area (Å²) in [5, 5.41) is 2.64. The van der Waals surface area contributed by atoms with E-state index in [1.165, 1.54) is 16.9 Å². The Hall–Kier alpha value is -3.25. The molecule has 2 aromatic heterocycles. The molecule has 2 N–H and O–H groups in total. The molecule has 1 amide bonds. The van der Waals surface area contributed by atoms with Crippen LogP contribution in [0.1, 0.15) is 30.9 Å². The molecule has 0 aliphatic carbocycles. The van der Waals surface area contributed by atoms with Crippen LogP contribution in [0.15, 0.2) is 58.7 Å². The third-order valence-electron chi connectivity index (χ3n) is 5.45. The number of thiophene rings is 1. The zero-order chi connectivity index (χ0) is 22.0. The van der Waals surface area contributed by atoms with E-state index in [0.29, 0.717) is 24.2 Å². The van der Waals surface area contributed by atoms with Gasteiger partial charge in [0.1, 0.15) is 10.7 Å². The van der Waals surface area contributed by atoms with Gasteiger partial charge in [-0.05, 0) is 37.0 Å². The Morgan fingerprint density at radius 3 is 2.58 bits per heavy atom. The Balaban J connectivity index is 1.89. The number of amides is 1. The van der Waals surface area contributed by atoms with Crippen molar-refractivity contribution in [2.45, 2.75) is 39.7 Å². The van der Waals surface area contributed by atoms with Gasteiger partial charge in [-0.2, -0.15) is 0 Å². The number of carbonyl (C=O) groups excluding carboxylic acids is 1. The maximum absolute atomic E-state index is 13.7. The van der Waals surface area contributed by atoms with Crippen LogP contribution in [0.25, 0.3) is 32.7 Å². The van der Waals surface area contributed by atoms with E-state index in [0.717, 1.165) is 33.5 Å². The van der Waals surface area contributed by atoms with Crippen LogP contribution >= 0.6 is 11.3 Å². The lowest BCUT2D eigenvalue weighted by molar-refractivity contribution is -0.118. The molecule has 158 valence electrons. The molecule has 0 aliphatic heterocycles. The molecule has 0 atom stereocenters. The third-order valence-corrected chi connectivity index (χ3v) is 6.32. The molecule has 0 unspecified atom stereocenters. The molecule has 2 heterocycles. The summed E-state index contributed by atoms with van der Waals surface area (Å²) >= 11 is 1.48. The molecule has 0 radical (unpaired) electrons. The molecule has 0 aliphatic rings. The maximum atomic E-state index is 13.7. The average Bonchev–Trinajstić information content (AvgIpc) is 3.19. The highest BCUT2D eigenvalue weighted by Crippen LogP contribution is 2.32. The second-order valence-electron chi connectivity index (χ2n) is 7.71. The minimum atomic E-state index is -0.369. The number of primary amides is 1. The van der Waals surface area contributed by atoms with Crippen molar-refractivity contribution >= 4 is 27.5 Å². The summed E-state index contributed by atoms with van der Waals surface area (Å²) in [5.74, 6) is 0.256. The zero-order valence-electron chi connectivity index (χ0n) is 17.7. The first-order valence-electron chi connectivity index (χ1n) is 10.4. The number of fused-ring (bicyclic) bond motifs is 1. The third kappa shape index (κ3) is 4.30. The summed E-state index contributed by atoms with van der Waals surface area (Å²) < 4.78 is 1.69. The van der Waals surface area contributed by atoms with Crippen LogP contribution in [0.5, 0.6) is 0 Å². The van der Waals surface area contributed by atoms with Gasteiger partial charge < -0.3 is 5.73 Å². The van der Waals surface area contributed by atoms with Gasteiger partial charge in [-0.15, -0.1) is 11.3 Å². The molecule has 4 aromatic rings. The first-order chi connectivity index (χ1) is 15.0. The van der Waals surface area contributed by atoms with Crippen LogP contribution in [0.2, 0.25) is 0 Å². The highest BCUT2D eigenvalue weighted by atomic mass is 32.1. The van der Waals surface area contributed by atoms with Crippen molar-refractivity contribution in [2.75, 3.05) is 0 Å². The molecular formula is C25H25N3O2S. The molecule has 6 heteroatoms. The van der Waals surface area contributed by atoms with E-state index in [2.05, 4.69) is 31.2 Å². The van der Waals surface area contributed by atoms with Gasteiger partial charge in [0.25, 0.3) is 5.56 Å². The Labute approximate surface area is 185 Å². The Kier molecular flexibility index (Phi) is 6.00. The maximum Gasteiger partial charge on any atom is 0.263 e. The lowest BCUT2D eigenvalue weighted by atomic mass is 10.0. The summed E-state index contributed by atoms with van der Waals surface area (Å²) in [6.45, 7) is 4.52. The fourth-order valence-electron chi connectivity index (χ4n) is 3.78. The summed E-state index contributed by atoms with van der Waals surface area (Å²) in [7, 11) is 0. The van der Waals surface area contributed by atoms with Crippen LogP contribution in [-0.4, -0.2) is 15.5 Å². The minimum absolute atomic E-state index is 0.0817. The summed E-state index contributed by atoms with van der Waals surface area (Å²) in [5.41, 5.74) is 10.4. The first kappa shape index (κ1) is 21.0. The summed E-state index contributed by atoms with van der Waals surface area (Å²) in [4.78, 5) is 30.5. The van der Waals surface area contributed by atoms with Crippen LogP contribution < -0.4 is 11.3 Å². The second-order valence-corrected chi connectivity index (χ2v) is 8.57. The van der Waals surface area contributed by atoms with Crippen molar-refractivity contribution in [3.05, 3.63) is 75.4 Å². The largest absolute Gasteiger partial charge is 0.370 e. The highest BCUT2D eigenvalue weighted by molar-refractivity contribution is 7.17. The first-order valence-corrected chi connectivity index (χ1v) is 11.3. The number of aromatic nitrogens is 2. The number of hydrogen-bond donors (Lipinski definition) is 1. The van der Waals surface area contributed by atoms with Crippen molar-refractivity contribution in [3.63, 3.8) is 0 Å². The van der Waals surface area contributed by atoms with Gasteiger partial charge in [0, 0.05) is 29.5 Å². The van der Waals surface area contributed by atoms with E-state index in [1.54, 1.807) is 4.57 Å². The van der Waals surface area contributed by atoms with Gasteiger partial charge in [0.15, 0.2) is 0 Å². The number of rotatable bonds is 7. The van der Waals surface area contributed by atoms with E-state index in [4.69, 9.17) is 10.7 Å². The fraction of sp³-hybridized carbons (Fsp3) is 0.240. The smallest absolute Gasteiger partial charge is 0.263 e. The van der Waals surface area contributed by atoms with E-state index in [9.17, 15) is 9.59 Å². The van der Waals surface area contributed by atoms with Gasteiger partial charge in [0.2, 0.25) is 5.91 Å². The number of hydrogen-bond acceptors (Lipinski definition) is 4. The standard InChI is InChI=1S/C25H25N3O2S/c1-3-17-9-11-18(12-10-17)20-15-31-24-22(20)25(30)28(13-5-8-21(26)29)23(27-24)19-7-4-6-16(2)14-19/h4,6-7,9-12,14-15H,3,5,8,13H2,1-2H3,(H2,26,29). The van der Waals surface area contributed by atoms with Crippen LogP contribution in [-0.2, 0) is 17.8 Å². The summed E-state index contributed by atoms with van der Waals surface area (Å²) in [6, 6.07) is 16.3. The van der Waals surface area contributed by atoms with Crippen LogP contribution in [0, 0.1) is 6.92 Å². The Morgan fingerprint density at radius 1 is 1.13 bits per heavy atom. The number of aryl methyl sites for hydroxylation is 2. The molecule has 4 rings (SSSR count). The quantitative estimate of drug-likeness (QED) is 0.451. The fourth-order valence-corrected chi connectivity index (χ4v) is 4.72. The van der Waals surface area contributed by atoms with Crippen molar-refractivity contribution < 1.29 is 4.79 Å². The van der Waals surface area contributed by atoms with E-state index in [-0.39, 0.29) is 17.9 Å². The SMILES string of the molecule is CCc1ccc(-c2csc3nc(-c4cccc(C)c4)n(CCCC(N)=O)c(=O)c23)cc1. The lowest BCUT2D eigenvalue weighted by Gasteiger charge is -2.13. The van der Waals surface area contributed by atoms with E-state index < -0.39 is 0 Å². The second kappa shape index (κ2) is 8.86. The monoisotopic (exact) mass is 431 g/mol. The molecule has 0 saturated heterocycles. The normalized spacial score (nSPS) is 11.2. The minimum Gasteiger partial charge on any atom is -0.370 e. The number of nitrogens with two attached hydrogens (primary N) is 1. The van der Waals surface area contributed by atoms with Crippen molar-refractivity contribution in [1.29, 1.82) is 0 Å². The van der Waals surface area contributed by atoms with Gasteiger partial charge in [0.05, 0.1) is 5.39 Å². The zero-order valence-corrected chi connectivity index (χ0v) is 18.5. The van der Waals surface area contributed by atoms with E-state index in [1.807, 2.05) is 36.6 Å². The van der Waals surface area contributed by atoms with Crippen molar-refractivity contribution in [2.24, 2.45) is 5.73 Å². The van der Waals surface area contributed by atoms with E-state index >= 15 is 0 Å². The predicted molar refractivity (Wildman–Crippen MR) is 127 cm³/mol. The Bertz CT molecular complexity index is 1300. The van der Waals surface area contributed by atoms with Crippen molar-refractivity contribution in [1.82, 2.24) is 9.55 Å². The predicted octanol–water partition coefficient (Wildman–Crippen LogP) is 4.93. The molecule has 0 bridgehead atoms. The van der Waals surface area contributed by atoms with Gasteiger partial charge in [-0.25, -0.2) is 4.98 Å². The highest BCUT2D eigenvalue weighted by Gasteiger charge is 2.18. The molecule has 0 spiro atoms. The molecule has 0 saturated carbocycles. The molecular weight excluding hydrogens is 406 g/mol. The Morgan fingerprint density at radius 2 is 1.90 bits per heavy atom. The number of carbonyl (C=O) groups is 1. The summed E-state index contributed by atoms with van der Waals surface area (Å²) in [6.07, 6.45) is 1.69. The van der Waals surface area contributed by atoms with Gasteiger partial charge in [-0.1, -0.05) is 55.0 Å². The lowest BCUT2D eigenvalue weighted by Crippen LogP contribution is -2.24. The molecule has 31 heavy (non-hydrogen) atoms. The van der Waals surface area contributed by atoms with Gasteiger partial charge >= 0.3 is 0 Å².